The molecule has 0 unspecified atom stereocenters. The molecule has 1 aliphatic heterocycles. The second kappa shape index (κ2) is 4.93. The topological polar surface area (TPSA) is 70.8 Å². The standard InChI is InChI=1S/C10H12BrNO4S/c11-10-9(6-8(7-13)16-10)17(14,15)12-4-2-1-3-5-12/h1-2,6,13H,3-5,7H2. The minimum absolute atomic E-state index is 0.0665. The van der Waals surface area contributed by atoms with Crippen LogP contribution in [0.5, 0.6) is 0 Å². The van der Waals surface area contributed by atoms with E-state index in [2.05, 4.69) is 15.9 Å². The first-order valence-electron chi connectivity index (χ1n) is 5.10. The summed E-state index contributed by atoms with van der Waals surface area (Å²) in [5.41, 5.74) is 0. The van der Waals surface area contributed by atoms with E-state index in [-0.39, 0.29) is 21.9 Å². The molecule has 1 N–H and O–H groups in total. The van der Waals surface area contributed by atoms with Crippen molar-refractivity contribution in [2.24, 2.45) is 0 Å². The first kappa shape index (κ1) is 12.8. The Hall–Kier alpha value is -0.630. The summed E-state index contributed by atoms with van der Waals surface area (Å²) >= 11 is 3.06. The van der Waals surface area contributed by atoms with Crippen LogP contribution in [-0.4, -0.2) is 30.9 Å². The van der Waals surface area contributed by atoms with Crippen molar-refractivity contribution in [1.29, 1.82) is 0 Å². The van der Waals surface area contributed by atoms with Gasteiger partial charge in [-0.2, -0.15) is 4.31 Å². The van der Waals surface area contributed by atoms with Crippen LogP contribution >= 0.6 is 15.9 Å². The smallest absolute Gasteiger partial charge is 0.247 e. The maximum atomic E-state index is 12.3. The van der Waals surface area contributed by atoms with E-state index in [0.29, 0.717) is 19.5 Å². The molecule has 0 saturated carbocycles. The van der Waals surface area contributed by atoms with Gasteiger partial charge in [0.1, 0.15) is 17.3 Å². The van der Waals surface area contributed by atoms with E-state index in [0.717, 1.165) is 0 Å². The fraction of sp³-hybridized carbons (Fsp3) is 0.400. The van der Waals surface area contributed by atoms with Crippen LogP contribution in [0.25, 0.3) is 0 Å². The van der Waals surface area contributed by atoms with Crippen LogP contribution in [0.1, 0.15) is 12.2 Å². The molecule has 1 aromatic heterocycles. The molecule has 94 valence electrons. The third kappa shape index (κ3) is 2.47. The molecular weight excluding hydrogens is 310 g/mol. The van der Waals surface area contributed by atoms with E-state index in [4.69, 9.17) is 9.52 Å². The normalized spacial score (nSPS) is 17.5. The van der Waals surface area contributed by atoms with Crippen LogP contribution < -0.4 is 0 Å². The molecule has 0 bridgehead atoms. The van der Waals surface area contributed by atoms with Crippen molar-refractivity contribution in [3.63, 3.8) is 0 Å². The lowest BCUT2D eigenvalue weighted by Crippen LogP contribution is -2.33. The van der Waals surface area contributed by atoms with Gasteiger partial charge in [-0.25, -0.2) is 8.42 Å². The number of sulfonamides is 1. The highest BCUT2D eigenvalue weighted by Crippen LogP contribution is 2.29. The quantitative estimate of drug-likeness (QED) is 0.856. The Labute approximate surface area is 108 Å². The molecule has 7 heteroatoms. The summed E-state index contributed by atoms with van der Waals surface area (Å²) in [7, 11) is -3.55. The molecule has 0 atom stereocenters. The monoisotopic (exact) mass is 321 g/mol. The van der Waals surface area contributed by atoms with Crippen molar-refractivity contribution in [2.75, 3.05) is 13.1 Å². The summed E-state index contributed by atoms with van der Waals surface area (Å²) < 4.78 is 31.1. The molecule has 0 amide bonds. The zero-order valence-electron chi connectivity index (χ0n) is 8.97. The predicted octanol–water partition coefficient (Wildman–Crippen LogP) is 1.49. The molecule has 2 heterocycles. The molecule has 1 aliphatic rings. The van der Waals surface area contributed by atoms with Gasteiger partial charge < -0.3 is 9.52 Å². The highest BCUT2D eigenvalue weighted by molar-refractivity contribution is 9.10. The number of halogens is 1. The summed E-state index contributed by atoms with van der Waals surface area (Å²) in [6.45, 7) is 0.507. The molecule has 0 radical (unpaired) electrons. The van der Waals surface area contributed by atoms with E-state index in [9.17, 15) is 8.42 Å². The number of hydrogen-bond donors (Lipinski definition) is 1. The second-order valence-electron chi connectivity index (χ2n) is 3.63. The lowest BCUT2D eigenvalue weighted by molar-refractivity contribution is 0.245. The Morgan fingerprint density at radius 1 is 1.47 bits per heavy atom. The van der Waals surface area contributed by atoms with Gasteiger partial charge in [-0.1, -0.05) is 12.2 Å². The molecule has 0 saturated heterocycles. The summed E-state index contributed by atoms with van der Waals surface area (Å²) in [6.07, 6.45) is 4.49. The Balaban J connectivity index is 2.36. The van der Waals surface area contributed by atoms with E-state index in [1.165, 1.54) is 10.4 Å². The summed E-state index contributed by atoms with van der Waals surface area (Å²) in [4.78, 5) is 0.0665. The number of hydrogen-bond acceptors (Lipinski definition) is 4. The first-order valence-corrected chi connectivity index (χ1v) is 7.33. The molecule has 1 aromatic rings. The average Bonchev–Trinajstić information content (AvgIpc) is 2.72. The van der Waals surface area contributed by atoms with Crippen molar-refractivity contribution >= 4 is 26.0 Å². The molecule has 0 fully saturated rings. The molecule has 17 heavy (non-hydrogen) atoms. The maximum Gasteiger partial charge on any atom is 0.247 e. The first-order chi connectivity index (χ1) is 8.05. The van der Waals surface area contributed by atoms with Gasteiger partial charge in [0.15, 0.2) is 4.67 Å². The molecule has 0 aromatic carbocycles. The van der Waals surface area contributed by atoms with E-state index >= 15 is 0 Å². The number of furan rings is 1. The number of nitrogens with zero attached hydrogens (tertiary/aromatic N) is 1. The van der Waals surface area contributed by atoms with Crippen LogP contribution in [0.15, 0.2) is 32.2 Å². The minimum atomic E-state index is -3.55. The predicted molar refractivity (Wildman–Crippen MR) is 64.8 cm³/mol. The molecule has 2 rings (SSSR count). The van der Waals surface area contributed by atoms with E-state index < -0.39 is 10.0 Å². The van der Waals surface area contributed by atoms with Gasteiger partial charge >= 0.3 is 0 Å². The van der Waals surface area contributed by atoms with Gasteiger partial charge in [-0.05, 0) is 22.4 Å². The van der Waals surface area contributed by atoms with Crippen LogP contribution in [-0.2, 0) is 16.6 Å². The minimum Gasteiger partial charge on any atom is -0.450 e. The fourth-order valence-electron chi connectivity index (χ4n) is 1.63. The Morgan fingerprint density at radius 2 is 2.24 bits per heavy atom. The number of aliphatic hydroxyl groups excluding tert-OH is 1. The van der Waals surface area contributed by atoms with Crippen molar-refractivity contribution in [3.05, 3.63) is 28.6 Å². The van der Waals surface area contributed by atoms with Gasteiger partial charge in [0.2, 0.25) is 10.0 Å². The third-order valence-electron chi connectivity index (χ3n) is 2.50. The SMILES string of the molecule is O=S(=O)(c1cc(CO)oc1Br)N1CC=CCC1. The highest BCUT2D eigenvalue weighted by Gasteiger charge is 2.29. The van der Waals surface area contributed by atoms with Crippen LogP contribution in [0, 0.1) is 0 Å². The Kier molecular flexibility index (Phi) is 3.72. The lowest BCUT2D eigenvalue weighted by atomic mass is 10.3. The highest BCUT2D eigenvalue weighted by atomic mass is 79.9. The van der Waals surface area contributed by atoms with Crippen molar-refractivity contribution in [3.8, 4) is 0 Å². The van der Waals surface area contributed by atoms with Crippen LogP contribution in [0.3, 0.4) is 0 Å². The largest absolute Gasteiger partial charge is 0.450 e. The van der Waals surface area contributed by atoms with Crippen molar-refractivity contribution in [1.82, 2.24) is 4.31 Å². The zero-order valence-corrected chi connectivity index (χ0v) is 11.4. The lowest BCUT2D eigenvalue weighted by Gasteiger charge is -2.21. The van der Waals surface area contributed by atoms with Gasteiger partial charge in [0.05, 0.1) is 0 Å². The van der Waals surface area contributed by atoms with Gasteiger partial charge in [0.25, 0.3) is 0 Å². The van der Waals surface area contributed by atoms with Crippen LogP contribution in [0.2, 0.25) is 0 Å². The van der Waals surface area contributed by atoms with E-state index in [1.54, 1.807) is 0 Å². The zero-order chi connectivity index (χ0) is 12.5. The van der Waals surface area contributed by atoms with Crippen molar-refractivity contribution in [2.45, 2.75) is 17.9 Å². The van der Waals surface area contributed by atoms with E-state index in [1.807, 2.05) is 12.2 Å². The molecule has 5 nitrogen and oxygen atoms in total. The molecule has 0 aliphatic carbocycles. The molecular formula is C10H12BrNO4S. The number of rotatable bonds is 3. The maximum absolute atomic E-state index is 12.3. The number of aliphatic hydroxyl groups is 1. The Morgan fingerprint density at radius 3 is 2.76 bits per heavy atom. The van der Waals surface area contributed by atoms with Gasteiger partial charge in [-0.15, -0.1) is 0 Å². The summed E-state index contributed by atoms with van der Waals surface area (Å²) in [5.74, 6) is 0.225. The second-order valence-corrected chi connectivity index (χ2v) is 6.26. The summed E-state index contributed by atoms with van der Waals surface area (Å²) in [5, 5.41) is 8.92. The van der Waals surface area contributed by atoms with Gasteiger partial charge in [0, 0.05) is 19.2 Å². The average molecular weight is 322 g/mol. The summed E-state index contributed by atoms with van der Waals surface area (Å²) in [6, 6.07) is 1.34. The van der Waals surface area contributed by atoms with Crippen LogP contribution in [0.4, 0.5) is 0 Å². The molecule has 0 spiro atoms. The van der Waals surface area contributed by atoms with Crippen molar-refractivity contribution < 1.29 is 17.9 Å². The van der Waals surface area contributed by atoms with Gasteiger partial charge in [-0.3, -0.25) is 0 Å². The Bertz CT molecular complexity index is 535. The fourth-order valence-corrected chi connectivity index (χ4v) is 4.00. The third-order valence-corrected chi connectivity index (χ3v) is 5.22.